The Morgan fingerprint density at radius 2 is 1.77 bits per heavy atom. The van der Waals surface area contributed by atoms with Gasteiger partial charge in [-0.3, -0.25) is 9.59 Å². The molecule has 1 heterocycles. The van der Waals surface area contributed by atoms with Gasteiger partial charge in [-0.15, -0.1) is 0 Å². The van der Waals surface area contributed by atoms with Crippen molar-refractivity contribution in [1.29, 1.82) is 0 Å². The van der Waals surface area contributed by atoms with Gasteiger partial charge in [0.05, 0.1) is 0 Å². The third-order valence-electron chi connectivity index (χ3n) is 4.85. The first-order valence-electron chi connectivity index (χ1n) is 9.27. The largest absolute Gasteiger partial charge is 0.381 e. The molecule has 2 amide bonds. The number of nitrogens with one attached hydrogen (secondary N) is 2. The molecule has 0 unspecified atom stereocenters. The Balaban J connectivity index is 1.85. The Bertz CT molecular complexity index is 593. The maximum absolute atomic E-state index is 12.4. The van der Waals surface area contributed by atoms with Gasteiger partial charge in [0.15, 0.2) is 0 Å². The van der Waals surface area contributed by atoms with Crippen molar-refractivity contribution in [1.82, 2.24) is 10.2 Å². The van der Waals surface area contributed by atoms with Crippen LogP contribution in [0.15, 0.2) is 24.3 Å². The van der Waals surface area contributed by atoms with Crippen molar-refractivity contribution in [3.8, 4) is 0 Å². The summed E-state index contributed by atoms with van der Waals surface area (Å²) in [6.07, 6.45) is 1.01. The fourth-order valence-corrected chi connectivity index (χ4v) is 2.89. The SMILES string of the molecule is CCN(CC)CCNC(=O)c1ccc(NC(=O)C2(N)CCOCC2)cc1. The van der Waals surface area contributed by atoms with Crippen molar-refractivity contribution < 1.29 is 14.3 Å². The van der Waals surface area contributed by atoms with Gasteiger partial charge in [-0.1, -0.05) is 13.8 Å². The van der Waals surface area contributed by atoms with E-state index >= 15 is 0 Å². The smallest absolute Gasteiger partial charge is 0.251 e. The van der Waals surface area contributed by atoms with Crippen LogP contribution in [0.1, 0.15) is 37.0 Å². The number of hydrogen-bond acceptors (Lipinski definition) is 5. The number of nitrogens with zero attached hydrogens (tertiary/aromatic N) is 1. The molecule has 1 saturated heterocycles. The molecule has 144 valence electrons. The first-order chi connectivity index (χ1) is 12.5. The van der Waals surface area contributed by atoms with Crippen molar-refractivity contribution in [2.75, 3.05) is 44.7 Å². The summed E-state index contributed by atoms with van der Waals surface area (Å²) < 4.78 is 5.26. The minimum absolute atomic E-state index is 0.116. The number of benzene rings is 1. The molecule has 7 nitrogen and oxygen atoms in total. The summed E-state index contributed by atoms with van der Waals surface area (Å²) in [4.78, 5) is 26.8. The lowest BCUT2D eigenvalue weighted by atomic mass is 9.90. The summed E-state index contributed by atoms with van der Waals surface area (Å²) in [6, 6.07) is 6.85. The number of rotatable bonds is 8. The van der Waals surface area contributed by atoms with Crippen LogP contribution >= 0.6 is 0 Å². The minimum atomic E-state index is -0.890. The summed E-state index contributed by atoms with van der Waals surface area (Å²) in [7, 11) is 0. The average molecular weight is 362 g/mol. The first kappa shape index (κ1) is 20.4. The summed E-state index contributed by atoms with van der Waals surface area (Å²) in [5.41, 5.74) is 6.48. The highest BCUT2D eigenvalue weighted by Gasteiger charge is 2.35. The molecule has 1 aliphatic rings. The highest BCUT2D eigenvalue weighted by atomic mass is 16.5. The minimum Gasteiger partial charge on any atom is -0.381 e. The average Bonchev–Trinajstić information content (AvgIpc) is 2.66. The van der Waals surface area contributed by atoms with E-state index in [1.165, 1.54) is 0 Å². The second-order valence-corrected chi connectivity index (χ2v) is 6.58. The lowest BCUT2D eigenvalue weighted by Crippen LogP contribution is -2.54. The molecule has 1 aromatic carbocycles. The van der Waals surface area contributed by atoms with E-state index < -0.39 is 5.54 Å². The number of likely N-dealkylation sites (N-methyl/N-ethyl adjacent to an activating group) is 1. The zero-order chi connectivity index (χ0) is 19.0. The van der Waals surface area contributed by atoms with Crippen molar-refractivity contribution >= 4 is 17.5 Å². The highest BCUT2D eigenvalue weighted by molar-refractivity contribution is 5.99. The molecule has 2 rings (SSSR count). The van der Waals surface area contributed by atoms with Crippen molar-refractivity contribution in [2.24, 2.45) is 5.73 Å². The third-order valence-corrected chi connectivity index (χ3v) is 4.85. The predicted octanol–water partition coefficient (Wildman–Crippen LogP) is 1.20. The summed E-state index contributed by atoms with van der Waals surface area (Å²) in [6.45, 7) is 8.57. The molecule has 7 heteroatoms. The molecule has 1 fully saturated rings. The van der Waals surface area contributed by atoms with Crippen LogP contribution in [0.4, 0.5) is 5.69 Å². The van der Waals surface area contributed by atoms with Crippen LogP contribution in [0.2, 0.25) is 0 Å². The zero-order valence-corrected chi connectivity index (χ0v) is 15.7. The number of hydrogen-bond donors (Lipinski definition) is 3. The number of carbonyl (C=O) groups is 2. The quantitative estimate of drug-likeness (QED) is 0.646. The number of nitrogens with two attached hydrogens (primary N) is 1. The molecule has 0 spiro atoms. The standard InChI is InChI=1S/C19H30N4O3/c1-3-23(4-2)12-11-21-17(24)15-5-7-16(8-6-15)22-18(25)19(20)9-13-26-14-10-19/h5-8H,3-4,9-14,20H2,1-2H3,(H,21,24)(H,22,25). The van der Waals surface area contributed by atoms with Gasteiger partial charge in [-0.05, 0) is 50.2 Å². The second kappa shape index (κ2) is 9.66. The van der Waals surface area contributed by atoms with E-state index in [4.69, 9.17) is 10.5 Å². The number of anilines is 1. The number of carbonyl (C=O) groups excluding carboxylic acids is 2. The molecule has 0 radical (unpaired) electrons. The van der Waals surface area contributed by atoms with Gasteiger partial charge in [0.25, 0.3) is 5.91 Å². The molecule has 0 aliphatic carbocycles. The van der Waals surface area contributed by atoms with Gasteiger partial charge in [-0.2, -0.15) is 0 Å². The Morgan fingerprint density at radius 3 is 2.35 bits per heavy atom. The molecule has 0 atom stereocenters. The predicted molar refractivity (Wildman–Crippen MR) is 102 cm³/mol. The highest BCUT2D eigenvalue weighted by Crippen LogP contribution is 2.20. The van der Waals surface area contributed by atoms with Gasteiger partial charge in [0, 0.05) is 37.6 Å². The maximum Gasteiger partial charge on any atom is 0.251 e. The molecule has 1 aromatic rings. The Hall–Kier alpha value is -1.96. The summed E-state index contributed by atoms with van der Waals surface area (Å²) in [5, 5.41) is 5.75. The van der Waals surface area contributed by atoms with E-state index in [-0.39, 0.29) is 11.8 Å². The Labute approximate surface area is 155 Å². The molecule has 0 bridgehead atoms. The van der Waals surface area contributed by atoms with Crippen LogP contribution in [-0.4, -0.2) is 61.6 Å². The van der Waals surface area contributed by atoms with Gasteiger partial charge in [0.1, 0.15) is 5.54 Å². The van der Waals surface area contributed by atoms with Crippen molar-refractivity contribution in [3.63, 3.8) is 0 Å². The Kier molecular flexibility index (Phi) is 7.56. The first-order valence-corrected chi connectivity index (χ1v) is 9.27. The zero-order valence-electron chi connectivity index (χ0n) is 15.7. The van der Waals surface area contributed by atoms with Gasteiger partial charge < -0.3 is 26.0 Å². The van der Waals surface area contributed by atoms with Crippen LogP contribution in [0.5, 0.6) is 0 Å². The molecular weight excluding hydrogens is 332 g/mol. The molecule has 26 heavy (non-hydrogen) atoms. The molecule has 1 aliphatic heterocycles. The fraction of sp³-hybridized carbons (Fsp3) is 0.579. The monoisotopic (exact) mass is 362 g/mol. The number of amides is 2. The van der Waals surface area contributed by atoms with Crippen LogP contribution < -0.4 is 16.4 Å². The molecule has 4 N–H and O–H groups in total. The summed E-state index contributed by atoms with van der Waals surface area (Å²) >= 11 is 0. The van der Waals surface area contributed by atoms with E-state index in [2.05, 4.69) is 29.4 Å². The van der Waals surface area contributed by atoms with Gasteiger partial charge in [0.2, 0.25) is 5.91 Å². The van der Waals surface area contributed by atoms with Gasteiger partial charge >= 0.3 is 0 Å². The van der Waals surface area contributed by atoms with Crippen molar-refractivity contribution in [3.05, 3.63) is 29.8 Å². The topological polar surface area (TPSA) is 96.7 Å². The van der Waals surface area contributed by atoms with E-state index in [1.807, 2.05) is 0 Å². The third kappa shape index (κ3) is 5.52. The fourth-order valence-electron chi connectivity index (χ4n) is 2.89. The van der Waals surface area contributed by atoms with E-state index in [0.717, 1.165) is 19.6 Å². The van der Waals surface area contributed by atoms with E-state index in [1.54, 1.807) is 24.3 Å². The van der Waals surface area contributed by atoms with Gasteiger partial charge in [-0.25, -0.2) is 0 Å². The number of ether oxygens (including phenoxy) is 1. The van der Waals surface area contributed by atoms with Crippen LogP contribution in [0, 0.1) is 0 Å². The lowest BCUT2D eigenvalue weighted by molar-refractivity contribution is -0.124. The van der Waals surface area contributed by atoms with Crippen LogP contribution in [-0.2, 0) is 9.53 Å². The van der Waals surface area contributed by atoms with Crippen molar-refractivity contribution in [2.45, 2.75) is 32.2 Å². The van der Waals surface area contributed by atoms with Crippen LogP contribution in [0.25, 0.3) is 0 Å². The Morgan fingerprint density at radius 1 is 1.15 bits per heavy atom. The summed E-state index contributed by atoms with van der Waals surface area (Å²) in [5.74, 6) is -0.327. The molecule has 0 aromatic heterocycles. The molecule has 0 saturated carbocycles. The second-order valence-electron chi connectivity index (χ2n) is 6.58. The van der Waals surface area contributed by atoms with E-state index in [9.17, 15) is 9.59 Å². The van der Waals surface area contributed by atoms with Crippen LogP contribution in [0.3, 0.4) is 0 Å². The maximum atomic E-state index is 12.4. The molecular formula is C19H30N4O3. The lowest BCUT2D eigenvalue weighted by Gasteiger charge is -2.31. The van der Waals surface area contributed by atoms with E-state index in [0.29, 0.717) is 43.9 Å². The normalized spacial score (nSPS) is 16.3.